The molecule has 0 amide bonds. The monoisotopic (exact) mass is 216 g/mol. The van der Waals surface area contributed by atoms with Gasteiger partial charge in [0, 0.05) is 13.1 Å². The lowest BCUT2D eigenvalue weighted by molar-refractivity contribution is -0.00318. The maximum absolute atomic E-state index is 3.34. The molecule has 1 N–H and O–H groups in total. The summed E-state index contributed by atoms with van der Waals surface area (Å²) < 4.78 is 2.38. The van der Waals surface area contributed by atoms with E-state index in [0.29, 0.717) is 10.8 Å². The zero-order chi connectivity index (χ0) is 11.0. The molecule has 0 spiro atoms. The maximum atomic E-state index is 3.34. The van der Waals surface area contributed by atoms with E-state index in [1.807, 2.05) is 0 Å². The first-order valence-corrected chi connectivity index (χ1v) is 5.95. The Morgan fingerprint density at radius 2 is 1.64 bits per heavy atom. The topological polar surface area (TPSA) is 15.3 Å². The lowest BCUT2D eigenvalue weighted by atomic mass is 9.62. The molecular formula is C11H25N2P. The van der Waals surface area contributed by atoms with Gasteiger partial charge >= 0.3 is 0 Å². The van der Waals surface area contributed by atoms with Crippen molar-refractivity contribution in [2.24, 2.45) is 16.7 Å². The van der Waals surface area contributed by atoms with Gasteiger partial charge < -0.3 is 5.32 Å². The first kappa shape index (κ1) is 12.4. The number of piperidine rings is 1. The van der Waals surface area contributed by atoms with Crippen LogP contribution >= 0.6 is 9.39 Å². The fourth-order valence-electron chi connectivity index (χ4n) is 3.14. The van der Waals surface area contributed by atoms with E-state index in [4.69, 9.17) is 0 Å². The second kappa shape index (κ2) is 4.08. The summed E-state index contributed by atoms with van der Waals surface area (Å²) in [4.78, 5) is 0. The molecule has 0 aromatic carbocycles. The van der Waals surface area contributed by atoms with Gasteiger partial charge in [-0.05, 0) is 30.3 Å². The Morgan fingerprint density at radius 3 is 2.00 bits per heavy atom. The molecule has 0 aromatic rings. The van der Waals surface area contributed by atoms with Gasteiger partial charge in [-0.15, -0.1) is 0 Å². The van der Waals surface area contributed by atoms with Crippen molar-refractivity contribution in [2.45, 2.75) is 27.7 Å². The highest BCUT2D eigenvalue weighted by Crippen LogP contribution is 2.45. The summed E-state index contributed by atoms with van der Waals surface area (Å²) in [6.45, 7) is 13.0. The van der Waals surface area contributed by atoms with Crippen molar-refractivity contribution in [3.8, 4) is 0 Å². The second-order valence-electron chi connectivity index (χ2n) is 5.99. The van der Waals surface area contributed by atoms with Gasteiger partial charge in [0.2, 0.25) is 0 Å². The predicted molar refractivity (Wildman–Crippen MR) is 66.3 cm³/mol. The van der Waals surface area contributed by atoms with Gasteiger partial charge in [0.05, 0.1) is 0 Å². The van der Waals surface area contributed by atoms with Crippen LogP contribution in [0.25, 0.3) is 0 Å². The van der Waals surface area contributed by atoms with Crippen LogP contribution in [-0.4, -0.2) is 31.4 Å². The second-order valence-corrected chi connectivity index (χ2v) is 6.72. The molecule has 3 heteroatoms. The molecule has 84 valence electrons. The van der Waals surface area contributed by atoms with E-state index >= 15 is 0 Å². The maximum Gasteiger partial charge on any atom is 0.00711 e. The standard InChI is InChI=1S/C11H25N2P/c1-10(2)7-13(14)8-11(3,4)9(10)6-12-5/h9,12H,6-8,14H2,1-5H3. The van der Waals surface area contributed by atoms with Gasteiger partial charge in [-0.25, -0.2) is 0 Å². The summed E-state index contributed by atoms with van der Waals surface area (Å²) in [5, 5.41) is 3.34. The van der Waals surface area contributed by atoms with E-state index in [1.54, 1.807) is 0 Å². The van der Waals surface area contributed by atoms with E-state index in [0.717, 1.165) is 12.5 Å². The summed E-state index contributed by atoms with van der Waals surface area (Å²) in [7, 11) is 4.91. The summed E-state index contributed by atoms with van der Waals surface area (Å²) in [5.74, 6) is 0.747. The summed E-state index contributed by atoms with van der Waals surface area (Å²) in [6, 6.07) is 0. The normalized spacial score (nSPS) is 27.9. The third kappa shape index (κ3) is 2.48. The zero-order valence-corrected chi connectivity index (χ0v) is 11.4. The molecule has 0 aromatic heterocycles. The van der Waals surface area contributed by atoms with Crippen LogP contribution in [0.2, 0.25) is 0 Å². The fraction of sp³-hybridized carbons (Fsp3) is 1.00. The first-order chi connectivity index (χ1) is 6.29. The lowest BCUT2D eigenvalue weighted by Gasteiger charge is -2.52. The van der Waals surface area contributed by atoms with Gasteiger partial charge in [-0.3, -0.25) is 4.67 Å². The Labute approximate surface area is 91.1 Å². The molecule has 0 saturated carbocycles. The Hall–Kier alpha value is 0.350. The van der Waals surface area contributed by atoms with Crippen LogP contribution in [-0.2, 0) is 0 Å². The number of rotatable bonds is 2. The molecule has 1 saturated heterocycles. The molecule has 14 heavy (non-hydrogen) atoms. The molecule has 1 aliphatic rings. The highest BCUT2D eigenvalue weighted by atomic mass is 31.0. The van der Waals surface area contributed by atoms with E-state index in [9.17, 15) is 0 Å². The Bertz CT molecular complexity index is 183. The van der Waals surface area contributed by atoms with Gasteiger partial charge in [0.1, 0.15) is 0 Å². The first-order valence-electron chi connectivity index (χ1n) is 5.44. The summed E-state index contributed by atoms with van der Waals surface area (Å²) in [5.41, 5.74) is 0.791. The summed E-state index contributed by atoms with van der Waals surface area (Å²) >= 11 is 0. The Morgan fingerprint density at radius 1 is 1.21 bits per heavy atom. The summed E-state index contributed by atoms with van der Waals surface area (Å²) in [6.07, 6.45) is 0. The predicted octanol–water partition coefficient (Wildman–Crippen LogP) is 1.98. The van der Waals surface area contributed by atoms with Crippen molar-refractivity contribution in [2.75, 3.05) is 26.7 Å². The van der Waals surface area contributed by atoms with Crippen LogP contribution in [0.1, 0.15) is 27.7 Å². The van der Waals surface area contributed by atoms with Gasteiger partial charge in [0.25, 0.3) is 0 Å². The van der Waals surface area contributed by atoms with Crippen LogP contribution in [0.3, 0.4) is 0 Å². The van der Waals surface area contributed by atoms with Crippen molar-refractivity contribution in [1.29, 1.82) is 0 Å². The van der Waals surface area contributed by atoms with Crippen LogP contribution in [0.4, 0.5) is 0 Å². The minimum Gasteiger partial charge on any atom is -0.319 e. The van der Waals surface area contributed by atoms with Crippen LogP contribution in [0.15, 0.2) is 0 Å². The van der Waals surface area contributed by atoms with E-state index in [-0.39, 0.29) is 0 Å². The lowest BCUT2D eigenvalue weighted by Crippen LogP contribution is -2.54. The van der Waals surface area contributed by atoms with Crippen LogP contribution < -0.4 is 5.32 Å². The van der Waals surface area contributed by atoms with Crippen molar-refractivity contribution in [1.82, 2.24) is 9.99 Å². The van der Waals surface area contributed by atoms with Crippen molar-refractivity contribution in [3.63, 3.8) is 0 Å². The Kier molecular flexibility index (Phi) is 3.62. The molecule has 1 heterocycles. The SMILES string of the molecule is CNCC1C(C)(C)CN(P)CC1(C)C. The molecule has 1 unspecified atom stereocenters. The van der Waals surface area contributed by atoms with Crippen molar-refractivity contribution < 1.29 is 0 Å². The largest absolute Gasteiger partial charge is 0.319 e. The Balaban J connectivity index is 2.85. The minimum absolute atomic E-state index is 0.395. The van der Waals surface area contributed by atoms with E-state index in [2.05, 4.69) is 54.1 Å². The molecule has 1 aliphatic heterocycles. The van der Waals surface area contributed by atoms with E-state index in [1.165, 1.54) is 13.1 Å². The molecule has 0 aliphatic carbocycles. The number of nitrogens with one attached hydrogen (secondary N) is 1. The van der Waals surface area contributed by atoms with E-state index < -0.39 is 0 Å². The number of nitrogens with zero attached hydrogens (tertiary/aromatic N) is 1. The molecule has 1 atom stereocenters. The molecular weight excluding hydrogens is 191 g/mol. The number of hydrogen-bond acceptors (Lipinski definition) is 2. The van der Waals surface area contributed by atoms with Crippen molar-refractivity contribution in [3.05, 3.63) is 0 Å². The van der Waals surface area contributed by atoms with Crippen LogP contribution in [0.5, 0.6) is 0 Å². The smallest absolute Gasteiger partial charge is 0.00711 e. The highest BCUT2D eigenvalue weighted by molar-refractivity contribution is 7.13. The third-order valence-corrected chi connectivity index (χ3v) is 3.88. The quantitative estimate of drug-likeness (QED) is 0.710. The molecule has 1 fully saturated rings. The number of hydrogen-bond donors (Lipinski definition) is 1. The van der Waals surface area contributed by atoms with Crippen molar-refractivity contribution >= 4 is 9.39 Å². The average molecular weight is 216 g/mol. The van der Waals surface area contributed by atoms with Crippen LogP contribution in [0, 0.1) is 16.7 Å². The fourth-order valence-corrected chi connectivity index (χ4v) is 4.08. The molecule has 0 radical (unpaired) electrons. The molecule has 2 nitrogen and oxygen atoms in total. The zero-order valence-electron chi connectivity index (χ0n) is 10.2. The third-order valence-electron chi connectivity index (χ3n) is 3.52. The van der Waals surface area contributed by atoms with Gasteiger partial charge in [-0.2, -0.15) is 0 Å². The molecule has 0 bridgehead atoms. The van der Waals surface area contributed by atoms with Gasteiger partial charge in [-0.1, -0.05) is 37.1 Å². The molecule has 1 rings (SSSR count). The average Bonchev–Trinajstić information content (AvgIpc) is 1.94. The van der Waals surface area contributed by atoms with Gasteiger partial charge in [0.15, 0.2) is 0 Å². The minimum atomic E-state index is 0.395. The highest BCUT2D eigenvalue weighted by Gasteiger charge is 2.45.